The molecule has 0 aliphatic carbocycles. The molecule has 0 radical (unpaired) electrons. The molecule has 0 aliphatic rings. The SMILES string of the molecule is CC(C)C(NC(=O)Cc1cc(=O)oc2cc(N(C)C)ccc12)C(=O)NC(CC(=O)O)C(=O)CF. The van der Waals surface area contributed by atoms with Crippen LogP contribution in [0.5, 0.6) is 0 Å². The summed E-state index contributed by atoms with van der Waals surface area (Å²) in [5.41, 5.74) is 0.868. The Morgan fingerprint density at radius 2 is 1.79 bits per heavy atom. The van der Waals surface area contributed by atoms with Crippen LogP contribution in [0.25, 0.3) is 11.0 Å². The van der Waals surface area contributed by atoms with Crippen molar-refractivity contribution in [3.05, 3.63) is 40.2 Å². The van der Waals surface area contributed by atoms with Crippen LogP contribution in [0.2, 0.25) is 0 Å². The number of carboxylic acids is 1. The van der Waals surface area contributed by atoms with E-state index < -0.39 is 60.3 Å². The van der Waals surface area contributed by atoms with Crippen molar-refractivity contribution >= 4 is 40.2 Å². The topological polar surface area (TPSA) is 146 Å². The zero-order valence-electron chi connectivity index (χ0n) is 19.4. The number of anilines is 1. The number of carbonyl (C=O) groups excluding carboxylic acids is 3. The average molecular weight is 477 g/mol. The molecule has 0 fully saturated rings. The van der Waals surface area contributed by atoms with Gasteiger partial charge in [-0.25, -0.2) is 9.18 Å². The molecule has 1 aromatic carbocycles. The third-order valence-corrected chi connectivity index (χ3v) is 5.16. The first-order valence-electron chi connectivity index (χ1n) is 10.6. The summed E-state index contributed by atoms with van der Waals surface area (Å²) in [4.78, 5) is 61.9. The number of Topliss-reactive ketones (excluding diaryl/α,β-unsaturated/α-hetero) is 1. The molecule has 0 bridgehead atoms. The maximum absolute atomic E-state index is 12.8. The van der Waals surface area contributed by atoms with E-state index in [2.05, 4.69) is 10.6 Å². The first-order valence-corrected chi connectivity index (χ1v) is 10.6. The van der Waals surface area contributed by atoms with Gasteiger partial charge in [-0.15, -0.1) is 0 Å². The first kappa shape index (κ1) is 26.5. The van der Waals surface area contributed by atoms with Crippen LogP contribution in [0.4, 0.5) is 10.1 Å². The summed E-state index contributed by atoms with van der Waals surface area (Å²) in [6.45, 7) is 1.85. The Morgan fingerprint density at radius 3 is 2.35 bits per heavy atom. The lowest BCUT2D eigenvalue weighted by Gasteiger charge is -2.24. The minimum absolute atomic E-state index is 0.234. The van der Waals surface area contributed by atoms with Gasteiger partial charge in [0.05, 0.1) is 12.8 Å². The van der Waals surface area contributed by atoms with E-state index in [1.165, 1.54) is 6.07 Å². The summed E-state index contributed by atoms with van der Waals surface area (Å²) in [7, 11) is 3.66. The van der Waals surface area contributed by atoms with Crippen LogP contribution < -0.4 is 21.2 Å². The molecular formula is C23H28FN3O7. The predicted octanol–water partition coefficient (Wildman–Crippen LogP) is 1.04. The van der Waals surface area contributed by atoms with Crippen molar-refractivity contribution in [2.45, 2.75) is 38.8 Å². The fraction of sp³-hybridized carbons (Fsp3) is 0.435. The number of aliphatic carboxylic acids is 1. The largest absolute Gasteiger partial charge is 0.481 e. The quantitative estimate of drug-likeness (QED) is 0.407. The third-order valence-electron chi connectivity index (χ3n) is 5.16. The van der Waals surface area contributed by atoms with Gasteiger partial charge in [0.25, 0.3) is 0 Å². The molecule has 2 unspecified atom stereocenters. The molecular weight excluding hydrogens is 449 g/mol. The Kier molecular flexibility index (Phi) is 8.88. The number of halogens is 1. The zero-order chi connectivity index (χ0) is 25.6. The number of hydrogen-bond donors (Lipinski definition) is 3. The summed E-state index contributed by atoms with van der Waals surface area (Å²) in [6.07, 6.45) is -1.02. The molecule has 1 heterocycles. The number of carbonyl (C=O) groups is 4. The molecule has 3 N–H and O–H groups in total. The number of benzene rings is 1. The van der Waals surface area contributed by atoms with Gasteiger partial charge in [0.2, 0.25) is 11.8 Å². The normalized spacial score (nSPS) is 12.8. The van der Waals surface area contributed by atoms with Crippen molar-refractivity contribution < 1.29 is 33.1 Å². The highest BCUT2D eigenvalue weighted by Crippen LogP contribution is 2.23. The number of amides is 2. The lowest BCUT2D eigenvalue weighted by molar-refractivity contribution is -0.140. The van der Waals surface area contributed by atoms with E-state index in [1.807, 2.05) is 19.0 Å². The molecule has 0 aliphatic heterocycles. The van der Waals surface area contributed by atoms with Crippen LogP contribution in [-0.2, 0) is 25.6 Å². The molecule has 0 spiro atoms. The number of carboxylic acid groups (broad SMARTS) is 1. The van der Waals surface area contributed by atoms with Crippen LogP contribution in [0, 0.1) is 5.92 Å². The maximum atomic E-state index is 12.8. The minimum atomic E-state index is -1.55. The molecule has 0 saturated heterocycles. The Balaban J connectivity index is 2.22. The van der Waals surface area contributed by atoms with Gasteiger partial charge in [-0.05, 0) is 23.6 Å². The monoisotopic (exact) mass is 477 g/mol. The lowest BCUT2D eigenvalue weighted by Crippen LogP contribution is -2.54. The smallest absolute Gasteiger partial charge is 0.336 e. The van der Waals surface area contributed by atoms with Crippen molar-refractivity contribution in [1.29, 1.82) is 0 Å². The fourth-order valence-electron chi connectivity index (χ4n) is 3.35. The number of alkyl halides is 1. The summed E-state index contributed by atoms with van der Waals surface area (Å²) >= 11 is 0. The van der Waals surface area contributed by atoms with Gasteiger partial charge in [0, 0.05) is 37.3 Å². The van der Waals surface area contributed by atoms with E-state index in [9.17, 15) is 28.4 Å². The number of rotatable bonds is 11. The Hall–Kier alpha value is -3.76. The highest BCUT2D eigenvalue weighted by atomic mass is 19.1. The fourth-order valence-corrected chi connectivity index (χ4v) is 3.35. The second-order valence-electron chi connectivity index (χ2n) is 8.39. The van der Waals surface area contributed by atoms with Gasteiger partial charge in [-0.2, -0.15) is 0 Å². The minimum Gasteiger partial charge on any atom is -0.481 e. The Bertz CT molecular complexity index is 1140. The number of nitrogens with one attached hydrogen (secondary N) is 2. The van der Waals surface area contributed by atoms with Gasteiger partial charge < -0.3 is 25.1 Å². The molecule has 2 amide bonds. The summed E-state index contributed by atoms with van der Waals surface area (Å²) in [5.74, 6) is -4.29. The lowest BCUT2D eigenvalue weighted by atomic mass is 10.0. The molecule has 34 heavy (non-hydrogen) atoms. The second kappa shape index (κ2) is 11.4. The number of nitrogens with zero attached hydrogens (tertiary/aromatic N) is 1. The van der Waals surface area contributed by atoms with Crippen molar-refractivity contribution in [1.82, 2.24) is 10.6 Å². The van der Waals surface area contributed by atoms with Crippen molar-refractivity contribution in [2.24, 2.45) is 5.92 Å². The molecule has 2 aromatic rings. The van der Waals surface area contributed by atoms with Crippen LogP contribution >= 0.6 is 0 Å². The van der Waals surface area contributed by atoms with Gasteiger partial charge >= 0.3 is 11.6 Å². The van der Waals surface area contributed by atoms with Crippen LogP contribution in [-0.4, -0.2) is 61.5 Å². The third kappa shape index (κ3) is 6.87. The molecule has 2 rings (SSSR count). The zero-order valence-corrected chi connectivity index (χ0v) is 19.4. The number of hydrogen-bond acceptors (Lipinski definition) is 7. The first-order chi connectivity index (χ1) is 15.9. The predicted molar refractivity (Wildman–Crippen MR) is 122 cm³/mol. The molecule has 0 saturated carbocycles. The average Bonchev–Trinajstić information content (AvgIpc) is 2.75. The van der Waals surface area contributed by atoms with Crippen LogP contribution in [0.1, 0.15) is 25.8 Å². The van der Waals surface area contributed by atoms with Gasteiger partial charge in [-0.3, -0.25) is 19.2 Å². The molecule has 184 valence electrons. The molecule has 2 atom stereocenters. The van der Waals surface area contributed by atoms with Crippen LogP contribution in [0.15, 0.2) is 33.5 Å². The van der Waals surface area contributed by atoms with E-state index in [4.69, 9.17) is 9.52 Å². The van der Waals surface area contributed by atoms with E-state index in [0.717, 1.165) is 5.69 Å². The van der Waals surface area contributed by atoms with Crippen molar-refractivity contribution in [3.8, 4) is 0 Å². The summed E-state index contributed by atoms with van der Waals surface area (Å²) in [6, 6.07) is 3.72. The molecule has 10 nitrogen and oxygen atoms in total. The summed E-state index contributed by atoms with van der Waals surface area (Å²) in [5, 5.41) is 14.2. The standard InChI is InChI=1S/C23H28FN3O7/c1-12(2)22(23(33)25-16(10-20(30)31)17(28)11-24)26-19(29)7-13-8-21(32)34-18-9-14(27(3)4)5-6-15(13)18/h5-6,8-9,12,16,22H,7,10-11H2,1-4H3,(H,25,33)(H,26,29)(H,30,31). The summed E-state index contributed by atoms with van der Waals surface area (Å²) < 4.78 is 18.0. The number of ketones is 1. The van der Waals surface area contributed by atoms with E-state index in [-0.39, 0.29) is 6.42 Å². The molecule has 1 aromatic heterocycles. The highest BCUT2D eigenvalue weighted by Gasteiger charge is 2.30. The Morgan fingerprint density at radius 1 is 1.12 bits per heavy atom. The number of fused-ring (bicyclic) bond motifs is 1. The van der Waals surface area contributed by atoms with Gasteiger partial charge in [0.1, 0.15) is 24.3 Å². The van der Waals surface area contributed by atoms with Gasteiger partial charge in [-0.1, -0.05) is 13.8 Å². The molecule has 11 heteroatoms. The van der Waals surface area contributed by atoms with E-state index in [0.29, 0.717) is 16.5 Å². The van der Waals surface area contributed by atoms with Gasteiger partial charge in [0.15, 0.2) is 5.78 Å². The highest BCUT2D eigenvalue weighted by molar-refractivity contribution is 5.96. The second-order valence-corrected chi connectivity index (χ2v) is 8.39. The van der Waals surface area contributed by atoms with Crippen molar-refractivity contribution in [2.75, 3.05) is 25.7 Å². The Labute approximate surface area is 195 Å². The van der Waals surface area contributed by atoms with Crippen molar-refractivity contribution in [3.63, 3.8) is 0 Å². The van der Waals surface area contributed by atoms with E-state index in [1.54, 1.807) is 32.0 Å². The van der Waals surface area contributed by atoms with Crippen LogP contribution in [0.3, 0.4) is 0 Å². The maximum Gasteiger partial charge on any atom is 0.336 e. The van der Waals surface area contributed by atoms with E-state index >= 15 is 0 Å².